The molecule has 0 aromatic heterocycles. The highest BCUT2D eigenvalue weighted by molar-refractivity contribution is 6.30. The first-order chi connectivity index (χ1) is 9.02. The molecule has 0 saturated carbocycles. The Bertz CT molecular complexity index is 428. The van der Waals surface area contributed by atoms with Gasteiger partial charge in [0.2, 0.25) is 0 Å². The molecule has 5 heteroatoms. The van der Waals surface area contributed by atoms with Crippen molar-refractivity contribution in [3.05, 3.63) is 29.8 Å². The number of carbonyl (C=O) groups excluding carboxylic acids is 2. The Balaban J connectivity index is 2.52. The van der Waals surface area contributed by atoms with Crippen molar-refractivity contribution >= 4 is 23.4 Å². The molecule has 0 radical (unpaired) electrons. The van der Waals surface area contributed by atoms with E-state index < -0.39 is 11.3 Å². The zero-order valence-corrected chi connectivity index (χ0v) is 11.8. The van der Waals surface area contributed by atoms with E-state index in [1.54, 1.807) is 19.1 Å². The van der Waals surface area contributed by atoms with Crippen LogP contribution in [-0.2, 0) is 20.7 Å². The van der Waals surface area contributed by atoms with Crippen molar-refractivity contribution in [2.75, 3.05) is 13.2 Å². The third-order valence-corrected chi connectivity index (χ3v) is 2.66. The molecule has 0 aliphatic carbocycles. The van der Waals surface area contributed by atoms with E-state index in [-0.39, 0.29) is 12.4 Å². The van der Waals surface area contributed by atoms with Gasteiger partial charge in [0.1, 0.15) is 17.7 Å². The van der Waals surface area contributed by atoms with Gasteiger partial charge in [-0.25, -0.2) is 0 Å². The zero-order chi connectivity index (χ0) is 14.3. The minimum atomic E-state index is -0.691. The number of ether oxygens (including phenoxy) is 2. The van der Waals surface area contributed by atoms with Crippen LogP contribution in [-0.4, -0.2) is 30.3 Å². The van der Waals surface area contributed by atoms with Crippen molar-refractivity contribution in [3.8, 4) is 5.75 Å². The molecule has 1 atom stereocenters. The van der Waals surface area contributed by atoms with Gasteiger partial charge in [0.05, 0.1) is 6.61 Å². The predicted molar refractivity (Wildman–Crippen MR) is 72.6 cm³/mol. The highest BCUT2D eigenvalue weighted by Crippen LogP contribution is 2.15. The second-order valence-corrected chi connectivity index (χ2v) is 4.59. The maximum Gasteiger partial charge on any atom is 0.324 e. The van der Waals surface area contributed by atoms with Gasteiger partial charge in [-0.1, -0.05) is 12.1 Å². The monoisotopic (exact) mass is 284 g/mol. The summed E-state index contributed by atoms with van der Waals surface area (Å²) in [5.74, 6) is 0.162. The van der Waals surface area contributed by atoms with Crippen LogP contribution in [0, 0.1) is 0 Å². The molecule has 0 spiro atoms. The number of Topliss-reactive ketones (excluding diaryl/α,β-unsaturated/α-hetero) is 1. The maximum absolute atomic E-state index is 11.4. The summed E-state index contributed by atoms with van der Waals surface area (Å²) in [4.78, 5) is 22.1. The van der Waals surface area contributed by atoms with E-state index in [1.807, 2.05) is 12.1 Å². The summed E-state index contributed by atoms with van der Waals surface area (Å²) in [6.07, 6.45) is 0.396. The van der Waals surface area contributed by atoms with Crippen LogP contribution in [0.5, 0.6) is 5.75 Å². The highest BCUT2D eigenvalue weighted by Gasteiger charge is 2.16. The fourth-order valence-electron chi connectivity index (χ4n) is 1.43. The molecule has 0 aliphatic heterocycles. The van der Waals surface area contributed by atoms with Crippen molar-refractivity contribution in [2.45, 2.75) is 25.6 Å². The molecule has 1 unspecified atom stereocenters. The van der Waals surface area contributed by atoms with Crippen molar-refractivity contribution in [3.63, 3.8) is 0 Å². The highest BCUT2D eigenvalue weighted by atomic mass is 35.5. The molecule has 104 valence electrons. The van der Waals surface area contributed by atoms with Gasteiger partial charge >= 0.3 is 5.97 Å². The van der Waals surface area contributed by atoms with Gasteiger partial charge in [0.15, 0.2) is 5.78 Å². The molecule has 0 saturated heterocycles. The van der Waals surface area contributed by atoms with Crippen LogP contribution in [0.15, 0.2) is 24.3 Å². The Morgan fingerprint density at radius 1 is 1.26 bits per heavy atom. The van der Waals surface area contributed by atoms with Crippen molar-refractivity contribution in [1.29, 1.82) is 0 Å². The Morgan fingerprint density at radius 3 is 2.42 bits per heavy atom. The van der Waals surface area contributed by atoms with Crippen molar-refractivity contribution in [1.82, 2.24) is 0 Å². The average Bonchev–Trinajstić information content (AvgIpc) is 2.38. The molecule has 4 nitrogen and oxygen atoms in total. The molecular formula is C14H17ClO4. The largest absolute Gasteiger partial charge is 0.486 e. The van der Waals surface area contributed by atoms with E-state index in [2.05, 4.69) is 0 Å². The first-order valence-corrected chi connectivity index (χ1v) is 6.48. The lowest BCUT2D eigenvalue weighted by atomic mass is 10.1. The van der Waals surface area contributed by atoms with Crippen molar-refractivity contribution < 1.29 is 19.1 Å². The second kappa shape index (κ2) is 7.79. The number of carbonyl (C=O) groups is 2. The van der Waals surface area contributed by atoms with Crippen LogP contribution in [0.4, 0.5) is 0 Å². The summed E-state index contributed by atoms with van der Waals surface area (Å²) < 4.78 is 10.1. The van der Waals surface area contributed by atoms with Gasteiger partial charge < -0.3 is 9.47 Å². The first kappa shape index (κ1) is 15.5. The van der Waals surface area contributed by atoms with Gasteiger partial charge in [-0.05, 0) is 38.0 Å². The molecular weight excluding hydrogens is 268 g/mol. The summed E-state index contributed by atoms with van der Waals surface area (Å²) in [6.45, 7) is 3.58. The molecule has 19 heavy (non-hydrogen) atoms. The van der Waals surface area contributed by atoms with Crippen LogP contribution in [0.25, 0.3) is 0 Å². The second-order valence-electron chi connectivity index (χ2n) is 4.06. The van der Waals surface area contributed by atoms with Gasteiger partial charge in [0, 0.05) is 0 Å². The van der Waals surface area contributed by atoms with E-state index in [1.165, 1.54) is 6.92 Å². The minimum Gasteiger partial charge on any atom is -0.486 e. The summed E-state index contributed by atoms with van der Waals surface area (Å²) >= 11 is 5.94. The number of halogens is 1. The van der Waals surface area contributed by atoms with Gasteiger partial charge in [0.25, 0.3) is 0 Å². The maximum atomic E-state index is 11.4. The van der Waals surface area contributed by atoms with Crippen LogP contribution >= 0.6 is 11.6 Å². The number of hydrogen-bond donors (Lipinski definition) is 0. The minimum absolute atomic E-state index is 0.0350. The Hall–Kier alpha value is -1.55. The summed E-state index contributed by atoms with van der Waals surface area (Å²) in [6, 6.07) is 7.11. The standard InChI is InChI=1S/C14H17ClO4/c1-3-18-14(17)13(15)8-11-4-6-12(7-5-11)19-9-10(2)16/h4-7,13H,3,8-9H2,1-2H3. The Morgan fingerprint density at radius 2 is 1.89 bits per heavy atom. The van der Waals surface area contributed by atoms with Crippen molar-refractivity contribution in [2.24, 2.45) is 0 Å². The molecule has 1 rings (SSSR count). The van der Waals surface area contributed by atoms with E-state index in [0.717, 1.165) is 5.56 Å². The molecule has 0 fully saturated rings. The number of alkyl halides is 1. The fourth-order valence-corrected chi connectivity index (χ4v) is 1.67. The van der Waals surface area contributed by atoms with Gasteiger partial charge in [-0.15, -0.1) is 11.6 Å². The zero-order valence-electron chi connectivity index (χ0n) is 11.0. The Labute approximate surface area is 117 Å². The predicted octanol–water partition coefficient (Wildman–Crippen LogP) is 2.37. The smallest absolute Gasteiger partial charge is 0.324 e. The SMILES string of the molecule is CCOC(=O)C(Cl)Cc1ccc(OCC(C)=O)cc1. The average molecular weight is 285 g/mol. The number of rotatable bonds is 7. The number of benzene rings is 1. The number of hydrogen-bond acceptors (Lipinski definition) is 4. The quantitative estimate of drug-likeness (QED) is 0.570. The lowest BCUT2D eigenvalue weighted by Crippen LogP contribution is -2.20. The van der Waals surface area contributed by atoms with E-state index in [4.69, 9.17) is 21.1 Å². The molecule has 1 aromatic rings. The molecule has 0 bridgehead atoms. The van der Waals surface area contributed by atoms with E-state index in [9.17, 15) is 9.59 Å². The molecule has 0 heterocycles. The van der Waals surface area contributed by atoms with E-state index in [0.29, 0.717) is 18.8 Å². The molecule has 0 amide bonds. The Kier molecular flexibility index (Phi) is 6.36. The summed E-state index contributed by atoms with van der Waals surface area (Å²) in [7, 11) is 0. The lowest BCUT2D eigenvalue weighted by Gasteiger charge is -2.09. The molecule has 1 aromatic carbocycles. The van der Waals surface area contributed by atoms with Crippen LogP contribution in [0.3, 0.4) is 0 Å². The van der Waals surface area contributed by atoms with Gasteiger partial charge in [-0.3, -0.25) is 9.59 Å². The molecule has 0 N–H and O–H groups in total. The number of ketones is 1. The van der Waals surface area contributed by atoms with Crippen LogP contribution < -0.4 is 4.74 Å². The van der Waals surface area contributed by atoms with Gasteiger partial charge in [-0.2, -0.15) is 0 Å². The third kappa shape index (κ3) is 5.75. The van der Waals surface area contributed by atoms with Crippen LogP contribution in [0.2, 0.25) is 0 Å². The topological polar surface area (TPSA) is 52.6 Å². The lowest BCUT2D eigenvalue weighted by molar-refractivity contribution is -0.142. The van der Waals surface area contributed by atoms with Crippen LogP contribution in [0.1, 0.15) is 19.4 Å². The third-order valence-electron chi connectivity index (χ3n) is 2.32. The number of esters is 1. The summed E-state index contributed by atoms with van der Waals surface area (Å²) in [5, 5.41) is -0.691. The fraction of sp³-hybridized carbons (Fsp3) is 0.429. The normalized spacial score (nSPS) is 11.7. The first-order valence-electron chi connectivity index (χ1n) is 6.04. The molecule has 0 aliphatic rings. The summed E-state index contributed by atoms with van der Waals surface area (Å²) in [5.41, 5.74) is 0.906. The van der Waals surface area contributed by atoms with E-state index >= 15 is 0 Å².